The van der Waals surface area contributed by atoms with Gasteiger partial charge in [0, 0.05) is 57.9 Å². The Labute approximate surface area is 158 Å². The Balaban J connectivity index is 1.80. The first-order valence-electron chi connectivity index (χ1n) is 8.96. The lowest BCUT2D eigenvalue weighted by atomic mass is 10.0. The van der Waals surface area contributed by atoms with Crippen LogP contribution in [0.5, 0.6) is 5.75 Å². The number of nitrogens with zero attached hydrogens (tertiary/aromatic N) is 5. The summed E-state index contributed by atoms with van der Waals surface area (Å²) in [5.74, 6) is 0.824. The molecule has 3 rings (SSSR count). The van der Waals surface area contributed by atoms with E-state index < -0.39 is 0 Å². The number of aromatic nitrogens is 3. The Bertz CT molecular complexity index is 878. The molecule has 0 radical (unpaired) electrons. The van der Waals surface area contributed by atoms with Crippen LogP contribution in [0.2, 0.25) is 0 Å². The molecule has 2 aromatic rings. The minimum atomic E-state index is -0.212. The summed E-state index contributed by atoms with van der Waals surface area (Å²) < 4.78 is 6.65. The molecule has 27 heavy (non-hydrogen) atoms. The molecule has 2 aromatic heterocycles. The second-order valence-electron chi connectivity index (χ2n) is 6.92. The molecule has 8 nitrogen and oxygen atoms in total. The molecule has 0 aliphatic carbocycles. The average molecular weight is 371 g/mol. The third-order valence-electron chi connectivity index (χ3n) is 4.95. The minimum Gasteiger partial charge on any atom is -0.496 e. The van der Waals surface area contributed by atoms with Crippen molar-refractivity contribution in [2.45, 2.75) is 25.8 Å². The standard InChI is InChI=1S/C19H25N5O3/c1-13-9-20-19(21-10-13)23(3)14-6-5-7-24(11-14)18(26)15-12-22(2)17(25)8-16(15)27-4/h8-10,12,14H,5-7,11H2,1-4H3. The lowest BCUT2D eigenvalue weighted by molar-refractivity contribution is 0.0702. The van der Waals surface area contributed by atoms with Crippen molar-refractivity contribution < 1.29 is 9.53 Å². The molecule has 3 heterocycles. The molecule has 0 aromatic carbocycles. The van der Waals surface area contributed by atoms with Crippen molar-refractivity contribution in [1.29, 1.82) is 0 Å². The van der Waals surface area contributed by atoms with Crippen molar-refractivity contribution in [1.82, 2.24) is 19.4 Å². The average Bonchev–Trinajstić information content (AvgIpc) is 2.69. The van der Waals surface area contributed by atoms with Gasteiger partial charge in [0.2, 0.25) is 5.95 Å². The van der Waals surface area contributed by atoms with Crippen LogP contribution in [0.15, 0.2) is 29.5 Å². The largest absolute Gasteiger partial charge is 0.496 e. The van der Waals surface area contributed by atoms with Crippen molar-refractivity contribution in [2.24, 2.45) is 7.05 Å². The molecule has 1 unspecified atom stereocenters. The van der Waals surface area contributed by atoms with Crippen LogP contribution < -0.4 is 15.2 Å². The first-order chi connectivity index (χ1) is 12.9. The zero-order chi connectivity index (χ0) is 19.6. The van der Waals surface area contributed by atoms with Crippen molar-refractivity contribution >= 4 is 11.9 Å². The lowest BCUT2D eigenvalue weighted by Gasteiger charge is -2.37. The number of likely N-dealkylation sites (N-methyl/N-ethyl adjacent to an activating group) is 1. The number of hydrogen-bond acceptors (Lipinski definition) is 6. The second kappa shape index (κ2) is 7.77. The molecule has 0 bridgehead atoms. The molecule has 8 heteroatoms. The minimum absolute atomic E-state index is 0.129. The zero-order valence-electron chi connectivity index (χ0n) is 16.2. The third-order valence-corrected chi connectivity index (χ3v) is 4.95. The van der Waals surface area contributed by atoms with E-state index in [0.717, 1.165) is 18.4 Å². The molecular weight excluding hydrogens is 346 g/mol. The molecule has 0 N–H and O–H groups in total. The Morgan fingerprint density at radius 1 is 1.33 bits per heavy atom. The predicted molar refractivity (Wildman–Crippen MR) is 102 cm³/mol. The first kappa shape index (κ1) is 18.9. The molecule has 1 saturated heterocycles. The van der Waals surface area contributed by atoms with Crippen LogP contribution in [0.4, 0.5) is 5.95 Å². The van der Waals surface area contributed by atoms with E-state index in [0.29, 0.717) is 30.4 Å². The van der Waals surface area contributed by atoms with Crippen LogP contribution in [0.25, 0.3) is 0 Å². The number of pyridine rings is 1. The van der Waals surface area contributed by atoms with Gasteiger partial charge in [-0.1, -0.05) is 0 Å². The van der Waals surface area contributed by atoms with Crippen LogP contribution in [-0.2, 0) is 7.05 Å². The van der Waals surface area contributed by atoms with Gasteiger partial charge in [-0.05, 0) is 25.3 Å². The van der Waals surface area contributed by atoms with Crippen molar-refractivity contribution in [3.63, 3.8) is 0 Å². The van der Waals surface area contributed by atoms with Gasteiger partial charge in [0.25, 0.3) is 11.5 Å². The number of anilines is 1. The number of likely N-dealkylation sites (tertiary alicyclic amines) is 1. The maximum atomic E-state index is 13.1. The monoisotopic (exact) mass is 371 g/mol. The fourth-order valence-electron chi connectivity index (χ4n) is 3.30. The smallest absolute Gasteiger partial charge is 0.259 e. The maximum absolute atomic E-state index is 13.1. The van der Waals surface area contributed by atoms with E-state index in [1.54, 1.807) is 30.5 Å². The SMILES string of the molecule is COc1cc(=O)n(C)cc1C(=O)N1CCCC(N(C)c2ncc(C)cn2)C1. The van der Waals surface area contributed by atoms with E-state index in [4.69, 9.17) is 4.74 Å². The molecule has 1 fully saturated rings. The van der Waals surface area contributed by atoms with Gasteiger partial charge in [-0.25, -0.2) is 9.97 Å². The highest BCUT2D eigenvalue weighted by molar-refractivity contribution is 5.96. The van der Waals surface area contributed by atoms with Gasteiger partial charge < -0.3 is 19.1 Å². The van der Waals surface area contributed by atoms with Gasteiger partial charge in [0.1, 0.15) is 5.75 Å². The van der Waals surface area contributed by atoms with Crippen LogP contribution in [-0.4, -0.2) is 58.6 Å². The van der Waals surface area contributed by atoms with E-state index in [1.807, 2.05) is 18.9 Å². The number of piperidine rings is 1. The van der Waals surface area contributed by atoms with Crippen LogP contribution in [0, 0.1) is 6.92 Å². The highest BCUT2D eigenvalue weighted by Gasteiger charge is 2.29. The predicted octanol–water partition coefficient (Wildman–Crippen LogP) is 1.23. The van der Waals surface area contributed by atoms with Gasteiger partial charge in [-0.15, -0.1) is 0 Å². The summed E-state index contributed by atoms with van der Waals surface area (Å²) in [5.41, 5.74) is 1.19. The molecule has 144 valence electrons. The van der Waals surface area contributed by atoms with E-state index in [9.17, 15) is 9.59 Å². The number of amides is 1. The Hall–Kier alpha value is -2.90. The van der Waals surface area contributed by atoms with Crippen LogP contribution in [0.3, 0.4) is 0 Å². The number of rotatable bonds is 4. The number of methoxy groups -OCH3 is 1. The highest BCUT2D eigenvalue weighted by Crippen LogP contribution is 2.23. The molecule has 1 aliphatic heterocycles. The number of aryl methyl sites for hydroxylation is 2. The summed E-state index contributed by atoms with van der Waals surface area (Å²) in [7, 11) is 5.04. The molecule has 0 saturated carbocycles. The molecular formula is C19H25N5O3. The Morgan fingerprint density at radius 2 is 2.04 bits per heavy atom. The molecule has 1 amide bonds. The van der Waals surface area contributed by atoms with Crippen molar-refractivity contribution in [2.75, 3.05) is 32.1 Å². The van der Waals surface area contributed by atoms with Gasteiger partial charge in [-0.3, -0.25) is 9.59 Å². The normalized spacial score (nSPS) is 16.9. The Kier molecular flexibility index (Phi) is 5.43. The number of carbonyl (C=O) groups is 1. The molecule has 1 atom stereocenters. The van der Waals surface area contributed by atoms with E-state index in [-0.39, 0.29) is 17.5 Å². The van der Waals surface area contributed by atoms with Gasteiger partial charge >= 0.3 is 0 Å². The first-order valence-corrected chi connectivity index (χ1v) is 8.96. The quantitative estimate of drug-likeness (QED) is 0.804. The van der Waals surface area contributed by atoms with Gasteiger partial charge in [0.05, 0.1) is 12.7 Å². The van der Waals surface area contributed by atoms with Gasteiger partial charge in [-0.2, -0.15) is 0 Å². The Morgan fingerprint density at radius 3 is 2.70 bits per heavy atom. The molecule has 1 aliphatic rings. The zero-order valence-corrected chi connectivity index (χ0v) is 16.2. The van der Waals surface area contributed by atoms with Gasteiger partial charge in [0.15, 0.2) is 0 Å². The highest BCUT2D eigenvalue weighted by atomic mass is 16.5. The second-order valence-corrected chi connectivity index (χ2v) is 6.92. The summed E-state index contributed by atoms with van der Waals surface area (Å²) in [6, 6.07) is 1.48. The molecule has 0 spiro atoms. The topological polar surface area (TPSA) is 80.6 Å². The number of ether oxygens (including phenoxy) is 1. The fourth-order valence-corrected chi connectivity index (χ4v) is 3.30. The number of hydrogen-bond donors (Lipinski definition) is 0. The lowest BCUT2D eigenvalue weighted by Crippen LogP contribution is -2.49. The summed E-state index contributed by atoms with van der Waals surface area (Å²) in [6.45, 7) is 3.19. The summed E-state index contributed by atoms with van der Waals surface area (Å²) >= 11 is 0. The third kappa shape index (κ3) is 3.94. The van der Waals surface area contributed by atoms with E-state index in [2.05, 4.69) is 9.97 Å². The van der Waals surface area contributed by atoms with Crippen molar-refractivity contribution in [3.8, 4) is 5.75 Å². The van der Waals surface area contributed by atoms with Crippen LogP contribution in [0.1, 0.15) is 28.8 Å². The maximum Gasteiger partial charge on any atom is 0.259 e. The summed E-state index contributed by atoms with van der Waals surface area (Å²) in [6.07, 6.45) is 6.97. The van der Waals surface area contributed by atoms with E-state index in [1.165, 1.54) is 17.7 Å². The van der Waals surface area contributed by atoms with E-state index >= 15 is 0 Å². The van der Waals surface area contributed by atoms with Crippen LogP contribution >= 0.6 is 0 Å². The number of carbonyl (C=O) groups excluding carboxylic acids is 1. The summed E-state index contributed by atoms with van der Waals surface area (Å²) in [4.78, 5) is 37.5. The fraction of sp³-hybridized carbons (Fsp3) is 0.474. The summed E-state index contributed by atoms with van der Waals surface area (Å²) in [5, 5.41) is 0. The van der Waals surface area contributed by atoms with Crippen molar-refractivity contribution in [3.05, 3.63) is 46.1 Å².